The Morgan fingerprint density at radius 3 is 2.88 bits per heavy atom. The third kappa shape index (κ3) is 3.93. The van der Waals surface area contributed by atoms with E-state index in [1.165, 1.54) is 30.6 Å². The highest BCUT2D eigenvalue weighted by atomic mass is 35.5. The zero-order chi connectivity index (χ0) is 18.5. The number of hydrazone groups is 1. The Hall–Kier alpha value is -3.52. The second-order valence-corrected chi connectivity index (χ2v) is 5.50. The monoisotopic (exact) mass is 370 g/mol. The third-order valence-electron chi connectivity index (χ3n) is 3.33. The fourth-order valence-electron chi connectivity index (χ4n) is 2.15. The maximum atomic E-state index is 11.8. The minimum atomic E-state index is -0.518. The van der Waals surface area contributed by atoms with Crippen molar-refractivity contribution in [3.05, 3.63) is 81.3 Å². The summed E-state index contributed by atoms with van der Waals surface area (Å²) in [6.07, 6.45) is 4.25. The first-order chi connectivity index (χ1) is 12.5. The Morgan fingerprint density at radius 1 is 1.31 bits per heavy atom. The number of carbonyl (C=O) groups excluding carboxylic acids is 1. The van der Waals surface area contributed by atoms with Gasteiger partial charge in [0, 0.05) is 23.5 Å². The van der Waals surface area contributed by atoms with E-state index in [0.717, 1.165) is 0 Å². The first kappa shape index (κ1) is 17.3. The van der Waals surface area contributed by atoms with E-state index >= 15 is 0 Å². The number of rotatable bonds is 5. The molecule has 3 rings (SSSR count). The van der Waals surface area contributed by atoms with Gasteiger partial charge in [-0.1, -0.05) is 11.6 Å². The number of nitrogens with zero attached hydrogens (tertiary/aromatic N) is 3. The molecule has 1 amide bonds. The molecule has 0 radical (unpaired) electrons. The highest BCUT2D eigenvalue weighted by Gasteiger charge is 2.18. The third-order valence-corrected chi connectivity index (χ3v) is 3.56. The number of furan rings is 1. The second-order valence-electron chi connectivity index (χ2n) is 5.06. The van der Waals surface area contributed by atoms with Crippen LogP contribution < -0.4 is 5.43 Å². The molecule has 1 aromatic carbocycles. The van der Waals surface area contributed by atoms with Crippen LogP contribution >= 0.6 is 11.6 Å². The van der Waals surface area contributed by atoms with Crippen molar-refractivity contribution in [2.75, 3.05) is 0 Å². The molecule has 2 aromatic heterocycles. The number of nitro benzene ring substituents is 1. The van der Waals surface area contributed by atoms with Crippen LogP contribution in [0.25, 0.3) is 11.3 Å². The van der Waals surface area contributed by atoms with Crippen LogP contribution in [0.5, 0.6) is 0 Å². The molecular weight excluding hydrogens is 360 g/mol. The zero-order valence-corrected chi connectivity index (χ0v) is 13.9. The molecule has 0 spiro atoms. The quantitative estimate of drug-likeness (QED) is 0.418. The molecule has 2 heterocycles. The van der Waals surface area contributed by atoms with Crippen molar-refractivity contribution in [3.8, 4) is 11.3 Å². The van der Waals surface area contributed by atoms with Crippen LogP contribution in [-0.2, 0) is 0 Å². The Morgan fingerprint density at radius 2 is 2.15 bits per heavy atom. The van der Waals surface area contributed by atoms with E-state index in [1.54, 1.807) is 30.5 Å². The molecule has 26 heavy (non-hydrogen) atoms. The molecule has 0 atom stereocenters. The van der Waals surface area contributed by atoms with E-state index in [2.05, 4.69) is 15.5 Å². The summed E-state index contributed by atoms with van der Waals surface area (Å²) in [6.45, 7) is 0. The van der Waals surface area contributed by atoms with Crippen LogP contribution in [0.1, 0.15) is 16.1 Å². The highest BCUT2D eigenvalue weighted by Crippen LogP contribution is 2.33. The number of aromatic nitrogens is 1. The van der Waals surface area contributed by atoms with E-state index in [9.17, 15) is 14.9 Å². The molecule has 9 heteroatoms. The highest BCUT2D eigenvalue weighted by molar-refractivity contribution is 6.31. The molecule has 0 bridgehead atoms. The predicted octanol–water partition coefficient (Wildman–Crippen LogP) is 3.67. The number of amides is 1. The maximum absolute atomic E-state index is 11.8. The smallest absolute Gasteiger partial charge is 0.280 e. The molecule has 0 aliphatic rings. The van der Waals surface area contributed by atoms with Crippen LogP contribution in [0.3, 0.4) is 0 Å². The van der Waals surface area contributed by atoms with Crippen LogP contribution in [-0.4, -0.2) is 22.0 Å². The Bertz CT molecular complexity index is 985. The van der Waals surface area contributed by atoms with Gasteiger partial charge >= 0.3 is 0 Å². The standard InChI is InChI=1S/C17H11ClN4O4/c18-12-3-5-15(22(24)25)14(8-12)16-6-4-13(26-16)10-20-21-17(23)11-2-1-7-19-9-11/h1-10H,(H,21,23)/b20-10-. The summed E-state index contributed by atoms with van der Waals surface area (Å²) in [5.74, 6) is 0.145. The summed E-state index contributed by atoms with van der Waals surface area (Å²) in [6, 6.07) is 10.5. The molecule has 1 N–H and O–H groups in total. The van der Waals surface area contributed by atoms with Crippen molar-refractivity contribution in [1.82, 2.24) is 10.4 Å². The lowest BCUT2D eigenvalue weighted by molar-refractivity contribution is -0.384. The molecule has 0 fully saturated rings. The van der Waals surface area contributed by atoms with Gasteiger partial charge in [0.1, 0.15) is 11.5 Å². The van der Waals surface area contributed by atoms with Crippen molar-refractivity contribution >= 4 is 29.4 Å². The van der Waals surface area contributed by atoms with Crippen molar-refractivity contribution in [1.29, 1.82) is 0 Å². The lowest BCUT2D eigenvalue weighted by atomic mass is 10.1. The van der Waals surface area contributed by atoms with Crippen LogP contribution in [0.4, 0.5) is 5.69 Å². The lowest BCUT2D eigenvalue weighted by Crippen LogP contribution is -2.17. The number of benzene rings is 1. The van der Waals surface area contributed by atoms with Gasteiger partial charge in [-0.25, -0.2) is 5.43 Å². The van der Waals surface area contributed by atoms with Gasteiger partial charge in [0.05, 0.1) is 22.3 Å². The average molecular weight is 371 g/mol. The Labute approximate surface area is 152 Å². The van der Waals surface area contributed by atoms with Crippen LogP contribution in [0.2, 0.25) is 5.02 Å². The molecular formula is C17H11ClN4O4. The SMILES string of the molecule is O=C(N/N=C\c1ccc(-c2cc(Cl)ccc2[N+](=O)[O-])o1)c1cccnc1. The molecule has 3 aromatic rings. The fourth-order valence-corrected chi connectivity index (χ4v) is 2.32. The van der Waals surface area contributed by atoms with E-state index in [4.69, 9.17) is 16.0 Å². The number of nitrogens with one attached hydrogen (secondary N) is 1. The molecule has 0 saturated carbocycles. The minimum absolute atomic E-state index is 0.128. The van der Waals surface area contributed by atoms with E-state index in [-0.39, 0.29) is 17.0 Å². The molecule has 0 aliphatic heterocycles. The lowest BCUT2D eigenvalue weighted by Gasteiger charge is -2.00. The van der Waals surface area contributed by atoms with Gasteiger partial charge in [-0.3, -0.25) is 19.9 Å². The minimum Gasteiger partial charge on any atom is -0.455 e. The summed E-state index contributed by atoms with van der Waals surface area (Å²) in [7, 11) is 0. The van der Waals surface area contributed by atoms with Gasteiger partial charge in [-0.2, -0.15) is 5.10 Å². The Kier molecular flexibility index (Phi) is 5.04. The van der Waals surface area contributed by atoms with Crippen LogP contribution in [0.15, 0.2) is 64.4 Å². The van der Waals surface area contributed by atoms with E-state index in [1.807, 2.05) is 0 Å². The second kappa shape index (κ2) is 7.58. The van der Waals surface area contributed by atoms with Gasteiger partial charge in [0.25, 0.3) is 11.6 Å². The zero-order valence-electron chi connectivity index (χ0n) is 13.1. The number of pyridine rings is 1. The van der Waals surface area contributed by atoms with Gasteiger partial charge in [0.15, 0.2) is 0 Å². The number of hydrogen-bond donors (Lipinski definition) is 1. The number of hydrogen-bond acceptors (Lipinski definition) is 6. The molecule has 0 unspecified atom stereocenters. The molecule has 0 aliphatic carbocycles. The van der Waals surface area contributed by atoms with Crippen molar-refractivity contribution in [3.63, 3.8) is 0 Å². The largest absolute Gasteiger partial charge is 0.455 e. The first-order valence-electron chi connectivity index (χ1n) is 7.32. The van der Waals surface area contributed by atoms with Gasteiger partial charge in [-0.05, 0) is 36.4 Å². The topological polar surface area (TPSA) is 111 Å². The first-order valence-corrected chi connectivity index (χ1v) is 7.70. The Balaban J connectivity index is 1.76. The summed E-state index contributed by atoms with van der Waals surface area (Å²) >= 11 is 5.91. The number of nitro groups is 1. The summed E-state index contributed by atoms with van der Waals surface area (Å²) < 4.78 is 5.53. The van der Waals surface area contributed by atoms with Crippen molar-refractivity contribution < 1.29 is 14.1 Å². The van der Waals surface area contributed by atoms with Gasteiger partial charge < -0.3 is 4.42 Å². The van der Waals surface area contributed by atoms with E-state index < -0.39 is 10.8 Å². The van der Waals surface area contributed by atoms with E-state index in [0.29, 0.717) is 16.3 Å². The van der Waals surface area contributed by atoms with Gasteiger partial charge in [0.2, 0.25) is 0 Å². The average Bonchev–Trinajstić information content (AvgIpc) is 3.11. The summed E-state index contributed by atoms with van der Waals surface area (Å²) in [4.78, 5) is 26.3. The van der Waals surface area contributed by atoms with Gasteiger partial charge in [-0.15, -0.1) is 0 Å². The summed E-state index contributed by atoms with van der Waals surface area (Å²) in [5, 5.41) is 15.3. The van der Waals surface area contributed by atoms with Crippen molar-refractivity contribution in [2.24, 2.45) is 5.10 Å². The maximum Gasteiger partial charge on any atom is 0.280 e. The number of carbonyl (C=O) groups is 1. The molecule has 8 nitrogen and oxygen atoms in total. The molecule has 0 saturated heterocycles. The summed E-state index contributed by atoms with van der Waals surface area (Å²) in [5.41, 5.74) is 2.82. The van der Waals surface area contributed by atoms with Crippen LogP contribution in [0, 0.1) is 10.1 Å². The van der Waals surface area contributed by atoms with Crippen molar-refractivity contribution in [2.45, 2.75) is 0 Å². The normalized spacial score (nSPS) is 10.8. The fraction of sp³-hybridized carbons (Fsp3) is 0. The predicted molar refractivity (Wildman–Crippen MR) is 95.1 cm³/mol. The molecule has 130 valence electrons. The number of halogens is 1.